The first-order chi connectivity index (χ1) is 9.77. The summed E-state index contributed by atoms with van der Waals surface area (Å²) >= 11 is 0. The van der Waals surface area contributed by atoms with Gasteiger partial charge in [0, 0.05) is 12.8 Å². The van der Waals surface area contributed by atoms with Crippen LogP contribution in [0.5, 0.6) is 0 Å². The van der Waals surface area contributed by atoms with E-state index in [4.69, 9.17) is 4.42 Å². The van der Waals surface area contributed by atoms with Crippen LogP contribution in [0.3, 0.4) is 0 Å². The first-order valence-electron chi connectivity index (χ1n) is 7.41. The van der Waals surface area contributed by atoms with Crippen molar-refractivity contribution >= 4 is 5.78 Å². The molecule has 0 fully saturated rings. The molecule has 0 amide bonds. The highest BCUT2D eigenvalue weighted by molar-refractivity contribution is 5.83. The Balaban J connectivity index is 2.19. The molecule has 0 radical (unpaired) electrons. The third-order valence-corrected chi connectivity index (χ3v) is 3.92. The van der Waals surface area contributed by atoms with Crippen LogP contribution in [0.4, 0.5) is 0 Å². The Labute approximate surface area is 127 Å². The zero-order valence-electron chi connectivity index (χ0n) is 13.6. The van der Waals surface area contributed by atoms with Gasteiger partial charge in [-0.3, -0.25) is 4.79 Å². The van der Waals surface area contributed by atoms with Crippen molar-refractivity contribution in [2.45, 2.75) is 52.9 Å². The van der Waals surface area contributed by atoms with E-state index in [1.54, 1.807) is 12.5 Å². The number of carbonyl (C=O) groups excluding carboxylic acids is 1. The van der Waals surface area contributed by atoms with Crippen LogP contribution in [0, 0.1) is 13.8 Å². The highest BCUT2D eigenvalue weighted by Crippen LogP contribution is 2.27. The van der Waals surface area contributed by atoms with Crippen molar-refractivity contribution in [1.82, 2.24) is 0 Å². The van der Waals surface area contributed by atoms with E-state index in [-0.39, 0.29) is 11.2 Å². The van der Waals surface area contributed by atoms with Gasteiger partial charge < -0.3 is 4.42 Å². The molecule has 0 unspecified atom stereocenters. The second-order valence-corrected chi connectivity index (χ2v) is 6.86. The lowest BCUT2D eigenvalue weighted by Crippen LogP contribution is -2.14. The third kappa shape index (κ3) is 3.84. The minimum absolute atomic E-state index is 0.134. The largest absolute Gasteiger partial charge is 0.472 e. The molecule has 112 valence electrons. The fourth-order valence-electron chi connectivity index (χ4n) is 2.59. The zero-order valence-corrected chi connectivity index (χ0v) is 13.6. The summed E-state index contributed by atoms with van der Waals surface area (Å²) in [6.45, 7) is 10.8. The number of hydrogen-bond donors (Lipinski definition) is 0. The summed E-state index contributed by atoms with van der Waals surface area (Å²) in [7, 11) is 0. The van der Waals surface area contributed by atoms with Crippen LogP contribution < -0.4 is 0 Å². The Kier molecular flexibility index (Phi) is 4.36. The summed E-state index contributed by atoms with van der Waals surface area (Å²) in [4.78, 5) is 12.2. The van der Waals surface area contributed by atoms with E-state index in [0.29, 0.717) is 12.8 Å². The minimum Gasteiger partial charge on any atom is -0.472 e. The minimum atomic E-state index is 0.134. The number of ketones is 1. The molecule has 0 aliphatic heterocycles. The Morgan fingerprint density at radius 1 is 1.10 bits per heavy atom. The molecule has 2 aromatic rings. The maximum Gasteiger partial charge on any atom is 0.141 e. The van der Waals surface area contributed by atoms with Crippen LogP contribution in [-0.2, 0) is 23.1 Å². The van der Waals surface area contributed by atoms with Gasteiger partial charge in [0.1, 0.15) is 5.78 Å². The second-order valence-electron chi connectivity index (χ2n) is 6.86. The van der Waals surface area contributed by atoms with Gasteiger partial charge in [0.2, 0.25) is 0 Å². The van der Waals surface area contributed by atoms with Gasteiger partial charge in [0.25, 0.3) is 0 Å². The van der Waals surface area contributed by atoms with E-state index in [1.165, 1.54) is 16.7 Å². The number of rotatable bonds is 4. The number of furan rings is 1. The van der Waals surface area contributed by atoms with E-state index in [0.717, 1.165) is 11.1 Å². The highest BCUT2D eigenvalue weighted by Gasteiger charge is 2.17. The van der Waals surface area contributed by atoms with E-state index in [2.05, 4.69) is 46.8 Å². The molecule has 0 saturated carbocycles. The monoisotopic (exact) mass is 284 g/mol. The number of aryl methyl sites for hydroxylation is 2. The van der Waals surface area contributed by atoms with Gasteiger partial charge in [-0.05, 0) is 53.1 Å². The highest BCUT2D eigenvalue weighted by atomic mass is 16.3. The molecule has 1 aromatic carbocycles. The van der Waals surface area contributed by atoms with Crippen LogP contribution in [0.25, 0.3) is 0 Å². The van der Waals surface area contributed by atoms with Crippen LogP contribution >= 0.6 is 0 Å². The predicted octanol–water partition coefficient (Wildman–Crippen LogP) is 4.55. The lowest BCUT2D eigenvalue weighted by atomic mass is 9.83. The predicted molar refractivity (Wildman–Crippen MR) is 85.7 cm³/mol. The van der Waals surface area contributed by atoms with Gasteiger partial charge in [-0.25, -0.2) is 0 Å². The molecule has 2 rings (SSSR count). The average Bonchev–Trinajstić information content (AvgIpc) is 2.85. The molecule has 0 aliphatic carbocycles. The molecular formula is C19H24O2. The van der Waals surface area contributed by atoms with Gasteiger partial charge in [0.05, 0.1) is 12.5 Å². The Morgan fingerprint density at radius 2 is 1.71 bits per heavy atom. The second kappa shape index (κ2) is 5.88. The summed E-state index contributed by atoms with van der Waals surface area (Å²) < 4.78 is 5.01. The van der Waals surface area contributed by atoms with Gasteiger partial charge in [-0.15, -0.1) is 0 Å². The number of Topliss-reactive ketones (excluding diaryl/α,β-unsaturated/α-hetero) is 1. The van der Waals surface area contributed by atoms with Gasteiger partial charge in [-0.2, -0.15) is 0 Å². The van der Waals surface area contributed by atoms with Gasteiger partial charge >= 0.3 is 0 Å². The molecule has 1 aromatic heterocycles. The molecular weight excluding hydrogens is 260 g/mol. The molecule has 21 heavy (non-hydrogen) atoms. The van der Waals surface area contributed by atoms with Crippen molar-refractivity contribution in [3.8, 4) is 0 Å². The fraction of sp³-hybridized carbons (Fsp3) is 0.421. The topological polar surface area (TPSA) is 30.2 Å². The standard InChI is InChI=1S/C19H24O2/c1-13-8-16(19(3,4)5)9-14(2)18(13)11-17(20)10-15-6-7-21-12-15/h6-9,12H,10-11H2,1-5H3. The normalized spacial score (nSPS) is 11.7. The summed E-state index contributed by atoms with van der Waals surface area (Å²) in [6.07, 6.45) is 4.18. The van der Waals surface area contributed by atoms with E-state index >= 15 is 0 Å². The van der Waals surface area contributed by atoms with Crippen molar-refractivity contribution < 1.29 is 9.21 Å². The van der Waals surface area contributed by atoms with Crippen molar-refractivity contribution in [2.75, 3.05) is 0 Å². The zero-order chi connectivity index (χ0) is 15.6. The molecule has 0 atom stereocenters. The molecule has 2 heteroatoms. The Bertz CT molecular complexity index is 605. The average molecular weight is 284 g/mol. The molecule has 2 nitrogen and oxygen atoms in total. The van der Waals surface area contributed by atoms with Crippen LogP contribution in [-0.4, -0.2) is 5.78 Å². The maximum atomic E-state index is 12.2. The lowest BCUT2D eigenvalue weighted by molar-refractivity contribution is -0.117. The molecule has 0 bridgehead atoms. The summed E-state index contributed by atoms with van der Waals surface area (Å²) in [6, 6.07) is 6.28. The SMILES string of the molecule is Cc1cc(C(C)(C)C)cc(C)c1CC(=O)Cc1ccoc1. The number of benzene rings is 1. The lowest BCUT2D eigenvalue weighted by Gasteiger charge is -2.22. The van der Waals surface area contributed by atoms with Gasteiger partial charge in [0.15, 0.2) is 0 Å². The van der Waals surface area contributed by atoms with Crippen molar-refractivity contribution in [3.05, 3.63) is 58.5 Å². The molecule has 0 spiro atoms. The summed E-state index contributed by atoms with van der Waals surface area (Å²) in [5, 5.41) is 0. The summed E-state index contributed by atoms with van der Waals surface area (Å²) in [5.41, 5.74) is 5.98. The van der Waals surface area contributed by atoms with Crippen LogP contribution in [0.2, 0.25) is 0 Å². The van der Waals surface area contributed by atoms with E-state index in [1.807, 2.05) is 6.07 Å². The molecule has 1 heterocycles. The van der Waals surface area contributed by atoms with Crippen molar-refractivity contribution in [2.24, 2.45) is 0 Å². The van der Waals surface area contributed by atoms with Crippen molar-refractivity contribution in [1.29, 1.82) is 0 Å². The van der Waals surface area contributed by atoms with Crippen molar-refractivity contribution in [3.63, 3.8) is 0 Å². The number of carbonyl (C=O) groups is 1. The van der Waals surface area contributed by atoms with Gasteiger partial charge in [-0.1, -0.05) is 32.9 Å². The maximum absolute atomic E-state index is 12.2. The third-order valence-electron chi connectivity index (χ3n) is 3.92. The fourth-order valence-corrected chi connectivity index (χ4v) is 2.59. The van der Waals surface area contributed by atoms with E-state index < -0.39 is 0 Å². The quantitative estimate of drug-likeness (QED) is 0.824. The summed E-state index contributed by atoms with van der Waals surface area (Å²) in [5.74, 6) is 0.228. The molecule has 0 saturated heterocycles. The van der Waals surface area contributed by atoms with Crippen LogP contribution in [0.15, 0.2) is 35.1 Å². The number of hydrogen-bond acceptors (Lipinski definition) is 2. The Hall–Kier alpha value is -1.83. The first kappa shape index (κ1) is 15.6. The Morgan fingerprint density at radius 3 is 2.19 bits per heavy atom. The smallest absolute Gasteiger partial charge is 0.141 e. The molecule has 0 aliphatic rings. The van der Waals surface area contributed by atoms with Crippen LogP contribution in [0.1, 0.15) is 48.6 Å². The molecule has 0 N–H and O–H groups in total. The first-order valence-corrected chi connectivity index (χ1v) is 7.41. The van der Waals surface area contributed by atoms with E-state index in [9.17, 15) is 4.79 Å².